The van der Waals surface area contributed by atoms with Crippen LogP contribution in [0.3, 0.4) is 0 Å². The van der Waals surface area contributed by atoms with Gasteiger partial charge in [-0.25, -0.2) is 0 Å². The van der Waals surface area contributed by atoms with E-state index in [1.807, 2.05) is 19.2 Å². The molecule has 4 rings (SSSR count). The highest BCUT2D eigenvalue weighted by molar-refractivity contribution is 7.16. The normalized spacial score (nSPS) is 13.5. The quantitative estimate of drug-likeness (QED) is 0.366. The van der Waals surface area contributed by atoms with Crippen molar-refractivity contribution < 1.29 is 4.79 Å². The number of amides is 1. The molecule has 0 fully saturated rings. The number of hydrogen-bond acceptors (Lipinski definition) is 3. The molecule has 4 heteroatoms. The van der Waals surface area contributed by atoms with Crippen LogP contribution >= 0.6 is 11.3 Å². The zero-order valence-electron chi connectivity index (χ0n) is 20.0. The minimum atomic E-state index is -0.000921. The van der Waals surface area contributed by atoms with Crippen LogP contribution in [-0.2, 0) is 25.7 Å². The van der Waals surface area contributed by atoms with Crippen molar-refractivity contribution in [3.05, 3.63) is 87.3 Å². The van der Waals surface area contributed by atoms with Crippen LogP contribution in [0.1, 0.15) is 70.6 Å². The lowest BCUT2D eigenvalue weighted by Crippen LogP contribution is -2.16. The zero-order chi connectivity index (χ0) is 23.2. The summed E-state index contributed by atoms with van der Waals surface area (Å²) in [7, 11) is 1.90. The molecule has 1 heterocycles. The first-order valence-corrected chi connectivity index (χ1v) is 12.9. The van der Waals surface area contributed by atoms with E-state index in [-0.39, 0.29) is 5.91 Å². The lowest BCUT2D eigenvalue weighted by Gasteiger charge is -2.13. The van der Waals surface area contributed by atoms with Gasteiger partial charge in [-0.2, -0.15) is 0 Å². The fourth-order valence-corrected chi connectivity index (χ4v) is 5.82. The smallest absolute Gasteiger partial charge is 0.258 e. The van der Waals surface area contributed by atoms with E-state index in [4.69, 9.17) is 0 Å². The average molecular weight is 459 g/mol. The molecular formula is C29H34N2OS. The van der Waals surface area contributed by atoms with E-state index < -0.39 is 0 Å². The molecule has 0 atom stereocenters. The van der Waals surface area contributed by atoms with Gasteiger partial charge in [-0.05, 0) is 91.8 Å². The second-order valence-electron chi connectivity index (χ2n) is 8.81. The molecule has 2 N–H and O–H groups in total. The monoisotopic (exact) mass is 458 g/mol. The van der Waals surface area contributed by atoms with E-state index in [0.29, 0.717) is 0 Å². The summed E-state index contributed by atoms with van der Waals surface area (Å²) in [6.07, 6.45) is 9.81. The summed E-state index contributed by atoms with van der Waals surface area (Å²) in [5, 5.41) is 7.34. The lowest BCUT2D eigenvalue weighted by molar-refractivity contribution is 0.102. The topological polar surface area (TPSA) is 41.1 Å². The predicted molar refractivity (Wildman–Crippen MR) is 143 cm³/mol. The van der Waals surface area contributed by atoms with E-state index in [1.165, 1.54) is 45.5 Å². The highest BCUT2D eigenvalue weighted by atomic mass is 32.1. The Morgan fingerprint density at radius 3 is 2.24 bits per heavy atom. The van der Waals surface area contributed by atoms with E-state index in [0.717, 1.165) is 48.4 Å². The number of anilines is 2. The van der Waals surface area contributed by atoms with Crippen LogP contribution in [0.2, 0.25) is 0 Å². The van der Waals surface area contributed by atoms with Crippen molar-refractivity contribution in [2.24, 2.45) is 0 Å². The van der Waals surface area contributed by atoms with Crippen LogP contribution in [0.25, 0.3) is 5.57 Å². The largest absolute Gasteiger partial charge is 0.379 e. The van der Waals surface area contributed by atoms with Gasteiger partial charge in [0.25, 0.3) is 5.91 Å². The Kier molecular flexibility index (Phi) is 7.66. The van der Waals surface area contributed by atoms with Gasteiger partial charge in [0.1, 0.15) is 5.00 Å². The number of carbonyl (C=O) groups excluding carboxylic acids is 1. The first-order valence-electron chi connectivity index (χ1n) is 12.1. The van der Waals surface area contributed by atoms with Gasteiger partial charge < -0.3 is 10.6 Å². The van der Waals surface area contributed by atoms with Gasteiger partial charge in [-0.15, -0.1) is 11.3 Å². The molecule has 1 amide bonds. The van der Waals surface area contributed by atoms with Crippen molar-refractivity contribution in [1.82, 2.24) is 0 Å². The molecule has 0 saturated carbocycles. The Morgan fingerprint density at radius 1 is 0.970 bits per heavy atom. The second-order valence-corrected chi connectivity index (χ2v) is 9.91. The van der Waals surface area contributed by atoms with Gasteiger partial charge in [-0.1, -0.05) is 49.4 Å². The number of carbonyl (C=O) groups is 1. The van der Waals surface area contributed by atoms with Crippen molar-refractivity contribution in [1.29, 1.82) is 0 Å². The molecule has 1 aliphatic rings. The number of benzene rings is 2. The number of rotatable bonds is 8. The number of aryl methyl sites for hydroxylation is 3. The van der Waals surface area contributed by atoms with Crippen molar-refractivity contribution in [2.45, 2.75) is 58.8 Å². The number of fused-ring (bicyclic) bond motifs is 1. The minimum absolute atomic E-state index is 0.000921. The third kappa shape index (κ3) is 5.56. The molecule has 1 aromatic heterocycles. The first-order chi connectivity index (χ1) is 16.1. The number of hydrogen-bond donors (Lipinski definition) is 2. The van der Waals surface area contributed by atoms with Crippen molar-refractivity contribution in [2.75, 3.05) is 17.7 Å². The van der Waals surface area contributed by atoms with Gasteiger partial charge in [0.2, 0.25) is 0 Å². The molecule has 3 nitrogen and oxygen atoms in total. The van der Waals surface area contributed by atoms with Gasteiger partial charge in [-0.3, -0.25) is 4.79 Å². The summed E-state index contributed by atoms with van der Waals surface area (Å²) >= 11 is 1.74. The Bertz CT molecular complexity index is 1120. The van der Waals surface area contributed by atoms with Gasteiger partial charge >= 0.3 is 0 Å². The molecule has 3 aromatic rings. The van der Waals surface area contributed by atoms with Crippen molar-refractivity contribution in [3.63, 3.8) is 0 Å². The Balaban J connectivity index is 1.37. The fraction of sp³-hybridized carbons (Fsp3) is 0.345. The van der Waals surface area contributed by atoms with Gasteiger partial charge in [0, 0.05) is 17.6 Å². The summed E-state index contributed by atoms with van der Waals surface area (Å²) in [5.41, 5.74) is 8.21. The number of allylic oxidation sites excluding steroid dienone is 2. The molecule has 0 unspecified atom stereocenters. The predicted octanol–water partition coefficient (Wildman–Crippen LogP) is 7.52. The molecule has 0 radical (unpaired) electrons. The maximum Gasteiger partial charge on any atom is 0.258 e. The zero-order valence-corrected chi connectivity index (χ0v) is 20.8. The molecule has 0 spiro atoms. The Morgan fingerprint density at radius 2 is 1.61 bits per heavy atom. The summed E-state index contributed by atoms with van der Waals surface area (Å²) in [6, 6.07) is 17.2. The van der Waals surface area contributed by atoms with Crippen LogP contribution in [0, 0.1) is 0 Å². The Hall–Kier alpha value is -2.85. The summed E-state index contributed by atoms with van der Waals surface area (Å²) < 4.78 is 0. The lowest BCUT2D eigenvalue weighted by atomic mass is 9.95. The van der Waals surface area contributed by atoms with Crippen LogP contribution in [0.4, 0.5) is 10.7 Å². The number of thiophene rings is 1. The second kappa shape index (κ2) is 10.8. The maximum atomic E-state index is 13.1. The third-order valence-electron chi connectivity index (χ3n) is 6.46. The van der Waals surface area contributed by atoms with Crippen LogP contribution in [0.15, 0.2) is 54.6 Å². The van der Waals surface area contributed by atoms with E-state index in [1.54, 1.807) is 11.3 Å². The summed E-state index contributed by atoms with van der Waals surface area (Å²) in [4.78, 5) is 14.5. The van der Waals surface area contributed by atoms with E-state index in [2.05, 4.69) is 67.0 Å². The first kappa shape index (κ1) is 23.3. The molecule has 2 aromatic carbocycles. The highest BCUT2D eigenvalue weighted by Crippen LogP contribution is 2.38. The molecule has 33 heavy (non-hydrogen) atoms. The molecule has 172 valence electrons. The van der Waals surface area contributed by atoms with Gasteiger partial charge in [0.05, 0.1) is 5.56 Å². The average Bonchev–Trinajstić information content (AvgIpc) is 3.23. The van der Waals surface area contributed by atoms with E-state index >= 15 is 0 Å². The van der Waals surface area contributed by atoms with Crippen molar-refractivity contribution >= 4 is 33.5 Å². The minimum Gasteiger partial charge on any atom is -0.379 e. The molecule has 1 aliphatic carbocycles. The van der Waals surface area contributed by atoms with Crippen molar-refractivity contribution in [3.8, 4) is 0 Å². The molecule has 0 aliphatic heterocycles. The van der Waals surface area contributed by atoms with Crippen LogP contribution < -0.4 is 10.6 Å². The van der Waals surface area contributed by atoms with Crippen LogP contribution in [-0.4, -0.2) is 13.0 Å². The van der Waals surface area contributed by atoms with Gasteiger partial charge in [0.15, 0.2) is 0 Å². The number of nitrogens with one attached hydrogen (secondary N) is 2. The fourth-order valence-electron chi connectivity index (χ4n) is 4.58. The summed E-state index contributed by atoms with van der Waals surface area (Å²) in [6.45, 7) is 4.34. The maximum absolute atomic E-state index is 13.1. The standard InChI is InChI=1S/C29H34N2OS/c1-4-7-20(2)23-16-12-21(13-17-23)10-11-22-14-18-24(19-15-22)31-28(32)27-25-8-5-6-9-26(25)33-29(27)30-3/h7,12-19,30H,4-6,8-11H2,1-3H3,(H,31,32)/b20-7-. The summed E-state index contributed by atoms with van der Waals surface area (Å²) in [5.74, 6) is -0.000921. The molecular weight excluding hydrogens is 424 g/mol. The third-order valence-corrected chi connectivity index (χ3v) is 7.77. The highest BCUT2D eigenvalue weighted by Gasteiger charge is 2.24. The molecule has 0 bridgehead atoms. The van der Waals surface area contributed by atoms with Crippen LogP contribution in [0.5, 0.6) is 0 Å². The van der Waals surface area contributed by atoms with E-state index in [9.17, 15) is 4.79 Å². The SMILES string of the molecule is CC/C=C(/C)c1ccc(CCc2ccc(NC(=O)c3c(NC)sc4c3CCCC4)cc2)cc1. The Labute approximate surface area is 201 Å². The molecule has 0 saturated heterocycles.